The lowest BCUT2D eigenvalue weighted by atomic mass is 10.2. The molecule has 0 aliphatic rings. The first kappa shape index (κ1) is 10.3. The molecule has 1 aromatic carbocycles. The van der Waals surface area contributed by atoms with Gasteiger partial charge in [0, 0.05) is 0 Å². The van der Waals surface area contributed by atoms with E-state index in [1.54, 1.807) is 6.08 Å². The molecule has 0 heterocycles. The van der Waals surface area contributed by atoms with Gasteiger partial charge in [0.05, 0.1) is 13.4 Å². The quantitative estimate of drug-likeness (QED) is 0.539. The van der Waals surface area contributed by atoms with E-state index in [0.29, 0.717) is 0 Å². The zero-order chi connectivity index (χ0) is 10.2. The van der Waals surface area contributed by atoms with Crippen LogP contribution in [-0.4, -0.2) is 19.7 Å². The van der Waals surface area contributed by atoms with Gasteiger partial charge >= 0.3 is 5.97 Å². The Morgan fingerprint density at radius 3 is 2.71 bits per heavy atom. The Kier molecular flexibility index (Phi) is 4.27. The average molecular weight is 192 g/mol. The summed E-state index contributed by atoms with van der Waals surface area (Å²) in [4.78, 5) is 10.6. The van der Waals surface area contributed by atoms with Crippen LogP contribution in [0.2, 0.25) is 0 Å². The zero-order valence-corrected chi connectivity index (χ0v) is 7.97. The third kappa shape index (κ3) is 3.76. The molecule has 0 radical (unpaired) electrons. The molecular weight excluding hydrogens is 180 g/mol. The molecule has 0 amide bonds. The summed E-state index contributed by atoms with van der Waals surface area (Å²) in [7, 11) is 1.33. The van der Waals surface area contributed by atoms with Gasteiger partial charge in [-0.1, -0.05) is 30.3 Å². The summed E-state index contributed by atoms with van der Waals surface area (Å²) in [5.41, 5.74) is 1.03. The van der Waals surface area contributed by atoms with Gasteiger partial charge < -0.3 is 9.47 Å². The van der Waals surface area contributed by atoms with Crippen LogP contribution in [0.4, 0.5) is 0 Å². The Bertz CT molecular complexity index is 304. The average Bonchev–Trinajstić information content (AvgIpc) is 2.25. The van der Waals surface area contributed by atoms with Crippen LogP contribution in [0.5, 0.6) is 0 Å². The van der Waals surface area contributed by atoms with Gasteiger partial charge in [0.2, 0.25) is 0 Å². The second-order valence-corrected chi connectivity index (χ2v) is 2.60. The molecule has 1 rings (SSSR count). The van der Waals surface area contributed by atoms with Gasteiger partial charge in [-0.2, -0.15) is 0 Å². The summed E-state index contributed by atoms with van der Waals surface area (Å²) in [6.07, 6.45) is 3.26. The fraction of sp³-hybridized carbons (Fsp3) is 0.182. The van der Waals surface area contributed by atoms with E-state index in [1.807, 2.05) is 30.3 Å². The number of esters is 1. The molecule has 0 aliphatic carbocycles. The van der Waals surface area contributed by atoms with E-state index in [1.165, 1.54) is 13.4 Å². The summed E-state index contributed by atoms with van der Waals surface area (Å²) in [5, 5.41) is 0. The van der Waals surface area contributed by atoms with Crippen molar-refractivity contribution in [1.29, 1.82) is 0 Å². The largest absolute Gasteiger partial charge is 0.489 e. The Balaban J connectivity index is 2.31. The van der Waals surface area contributed by atoms with E-state index >= 15 is 0 Å². The van der Waals surface area contributed by atoms with Crippen molar-refractivity contribution < 1.29 is 14.3 Å². The fourth-order valence-corrected chi connectivity index (χ4v) is 0.866. The first-order valence-corrected chi connectivity index (χ1v) is 4.23. The Morgan fingerprint density at radius 2 is 2.07 bits per heavy atom. The van der Waals surface area contributed by atoms with Gasteiger partial charge in [-0.25, -0.2) is 4.79 Å². The SMILES string of the molecule is COC(=O)COC=Cc1ccccc1. The molecule has 0 spiro atoms. The van der Waals surface area contributed by atoms with Crippen LogP contribution in [0.1, 0.15) is 5.56 Å². The van der Waals surface area contributed by atoms with Crippen molar-refractivity contribution in [3.8, 4) is 0 Å². The van der Waals surface area contributed by atoms with Crippen molar-refractivity contribution in [2.24, 2.45) is 0 Å². The van der Waals surface area contributed by atoms with E-state index < -0.39 is 0 Å². The van der Waals surface area contributed by atoms with Crippen LogP contribution in [-0.2, 0) is 14.3 Å². The van der Waals surface area contributed by atoms with E-state index in [-0.39, 0.29) is 12.6 Å². The van der Waals surface area contributed by atoms with Crippen LogP contribution in [0, 0.1) is 0 Å². The minimum absolute atomic E-state index is 0.0557. The lowest BCUT2D eigenvalue weighted by molar-refractivity contribution is -0.143. The normalized spacial score (nSPS) is 10.1. The molecule has 0 atom stereocenters. The van der Waals surface area contributed by atoms with Crippen molar-refractivity contribution >= 4 is 12.0 Å². The Morgan fingerprint density at radius 1 is 1.36 bits per heavy atom. The van der Waals surface area contributed by atoms with Gasteiger partial charge in [-0.15, -0.1) is 0 Å². The van der Waals surface area contributed by atoms with Crippen molar-refractivity contribution in [3.05, 3.63) is 42.2 Å². The van der Waals surface area contributed by atoms with Crippen molar-refractivity contribution in [1.82, 2.24) is 0 Å². The van der Waals surface area contributed by atoms with Crippen molar-refractivity contribution in [2.45, 2.75) is 0 Å². The predicted molar refractivity (Wildman–Crippen MR) is 53.4 cm³/mol. The number of ether oxygens (including phenoxy) is 2. The van der Waals surface area contributed by atoms with Crippen LogP contribution in [0.25, 0.3) is 6.08 Å². The monoisotopic (exact) mass is 192 g/mol. The molecule has 1 aromatic rings. The van der Waals surface area contributed by atoms with E-state index in [9.17, 15) is 4.79 Å². The molecule has 0 bridgehead atoms. The van der Waals surface area contributed by atoms with Gasteiger partial charge in [-0.05, 0) is 11.6 Å². The first-order valence-electron chi connectivity index (χ1n) is 4.23. The van der Waals surface area contributed by atoms with Gasteiger partial charge in [0.25, 0.3) is 0 Å². The van der Waals surface area contributed by atoms with E-state index in [4.69, 9.17) is 4.74 Å². The molecule has 14 heavy (non-hydrogen) atoms. The molecule has 0 saturated heterocycles. The summed E-state index contributed by atoms with van der Waals surface area (Å²) in [6, 6.07) is 9.68. The Hall–Kier alpha value is -1.77. The standard InChI is InChI=1S/C11H12O3/c1-13-11(12)9-14-8-7-10-5-3-2-4-6-10/h2-8H,9H2,1H3. The van der Waals surface area contributed by atoms with Crippen LogP contribution >= 0.6 is 0 Å². The number of rotatable bonds is 4. The second kappa shape index (κ2) is 5.80. The molecule has 0 N–H and O–H groups in total. The summed E-state index contributed by atoms with van der Waals surface area (Å²) < 4.78 is 9.34. The maximum absolute atomic E-state index is 10.6. The summed E-state index contributed by atoms with van der Waals surface area (Å²) in [6.45, 7) is -0.0557. The Labute approximate surface area is 83.0 Å². The molecule has 0 unspecified atom stereocenters. The lowest BCUT2D eigenvalue weighted by Crippen LogP contribution is -2.07. The smallest absolute Gasteiger partial charge is 0.343 e. The highest BCUT2D eigenvalue weighted by atomic mass is 16.6. The van der Waals surface area contributed by atoms with Gasteiger partial charge in [0.1, 0.15) is 0 Å². The summed E-state index contributed by atoms with van der Waals surface area (Å²) >= 11 is 0. The zero-order valence-electron chi connectivity index (χ0n) is 7.97. The molecule has 0 aliphatic heterocycles. The second-order valence-electron chi connectivity index (χ2n) is 2.60. The number of hydrogen-bond acceptors (Lipinski definition) is 3. The molecule has 0 saturated carbocycles. The predicted octanol–water partition coefficient (Wildman–Crippen LogP) is 1.85. The van der Waals surface area contributed by atoms with Gasteiger partial charge in [0.15, 0.2) is 6.61 Å². The number of benzene rings is 1. The third-order valence-electron chi connectivity index (χ3n) is 1.59. The highest BCUT2D eigenvalue weighted by Crippen LogP contribution is 2.00. The number of methoxy groups -OCH3 is 1. The molecule has 3 nitrogen and oxygen atoms in total. The maximum atomic E-state index is 10.6. The molecule has 0 aromatic heterocycles. The van der Waals surface area contributed by atoms with E-state index in [0.717, 1.165) is 5.56 Å². The topological polar surface area (TPSA) is 35.5 Å². The van der Waals surface area contributed by atoms with E-state index in [2.05, 4.69) is 4.74 Å². The molecule has 3 heteroatoms. The molecular formula is C11H12O3. The fourth-order valence-electron chi connectivity index (χ4n) is 0.866. The highest BCUT2D eigenvalue weighted by molar-refractivity contribution is 5.70. The molecule has 74 valence electrons. The number of carbonyl (C=O) groups is 1. The third-order valence-corrected chi connectivity index (χ3v) is 1.59. The minimum Gasteiger partial charge on any atom is -0.489 e. The van der Waals surface area contributed by atoms with Crippen LogP contribution in [0.15, 0.2) is 36.6 Å². The number of hydrogen-bond donors (Lipinski definition) is 0. The van der Waals surface area contributed by atoms with Gasteiger partial charge in [-0.3, -0.25) is 0 Å². The van der Waals surface area contributed by atoms with Crippen LogP contribution < -0.4 is 0 Å². The van der Waals surface area contributed by atoms with Crippen LogP contribution in [0.3, 0.4) is 0 Å². The maximum Gasteiger partial charge on any atom is 0.343 e. The lowest BCUT2D eigenvalue weighted by Gasteiger charge is -1.97. The highest BCUT2D eigenvalue weighted by Gasteiger charge is 1.95. The van der Waals surface area contributed by atoms with Crippen molar-refractivity contribution in [2.75, 3.05) is 13.7 Å². The number of carbonyl (C=O) groups excluding carboxylic acids is 1. The minimum atomic E-state index is -0.386. The molecule has 0 fully saturated rings. The van der Waals surface area contributed by atoms with Crippen molar-refractivity contribution in [3.63, 3.8) is 0 Å². The first-order chi connectivity index (χ1) is 6.83. The summed E-state index contributed by atoms with van der Waals surface area (Å²) in [5.74, 6) is -0.386.